The first kappa shape index (κ1) is 18.2. The Balaban J connectivity index is 1.24. The molecular weight excluding hydrogens is 378 g/mol. The van der Waals surface area contributed by atoms with E-state index in [1.165, 1.54) is 0 Å². The van der Waals surface area contributed by atoms with Crippen molar-refractivity contribution in [3.8, 4) is 0 Å². The minimum atomic E-state index is -0.141. The van der Waals surface area contributed by atoms with E-state index in [1.807, 2.05) is 54.6 Å². The molecule has 0 atom stereocenters. The molecule has 3 aromatic carbocycles. The highest BCUT2D eigenvalue weighted by molar-refractivity contribution is 6.02. The second-order valence-electron chi connectivity index (χ2n) is 7.37. The summed E-state index contributed by atoms with van der Waals surface area (Å²) in [4.78, 5) is 36.4. The van der Waals surface area contributed by atoms with Crippen LogP contribution in [0.2, 0.25) is 0 Å². The Morgan fingerprint density at radius 1 is 0.900 bits per heavy atom. The van der Waals surface area contributed by atoms with E-state index in [0.717, 1.165) is 27.5 Å². The van der Waals surface area contributed by atoms with Crippen LogP contribution in [0.15, 0.2) is 67.0 Å². The molecule has 0 bridgehead atoms. The maximum atomic E-state index is 12.9. The molecule has 2 heterocycles. The van der Waals surface area contributed by atoms with E-state index in [9.17, 15) is 9.59 Å². The van der Waals surface area contributed by atoms with Crippen molar-refractivity contribution < 1.29 is 9.59 Å². The van der Waals surface area contributed by atoms with Gasteiger partial charge in [-0.3, -0.25) is 4.79 Å². The number of H-pyrrole nitrogens is 1. The molecule has 2 N–H and O–H groups in total. The lowest BCUT2D eigenvalue weighted by molar-refractivity contribution is 0.0672. The standard InChI is InChI=1S/C23H21N5O2/c29-22(17-8-9-20-21(14-17)25-15-24-20)27-10-12-28(13-11-27)23(30)26-19-7-3-5-16-4-1-2-6-18(16)19/h1-9,14-15H,10-13H2,(H,24,25)(H,26,30). The summed E-state index contributed by atoms with van der Waals surface area (Å²) in [6.45, 7) is 1.99. The number of fused-ring (bicyclic) bond motifs is 2. The predicted octanol–water partition coefficient (Wildman–Crippen LogP) is 3.71. The Hall–Kier alpha value is -3.87. The summed E-state index contributed by atoms with van der Waals surface area (Å²) in [6.07, 6.45) is 1.62. The van der Waals surface area contributed by atoms with Gasteiger partial charge in [-0.1, -0.05) is 36.4 Å². The zero-order valence-electron chi connectivity index (χ0n) is 16.3. The number of benzene rings is 3. The van der Waals surface area contributed by atoms with Gasteiger partial charge in [0.25, 0.3) is 5.91 Å². The zero-order chi connectivity index (χ0) is 20.5. The molecule has 5 rings (SSSR count). The summed E-state index contributed by atoms with van der Waals surface area (Å²) in [7, 11) is 0. The Morgan fingerprint density at radius 2 is 1.67 bits per heavy atom. The van der Waals surface area contributed by atoms with Crippen LogP contribution in [-0.2, 0) is 0 Å². The van der Waals surface area contributed by atoms with Crippen molar-refractivity contribution >= 4 is 39.4 Å². The van der Waals surface area contributed by atoms with Crippen molar-refractivity contribution in [2.75, 3.05) is 31.5 Å². The normalized spacial score (nSPS) is 14.3. The summed E-state index contributed by atoms with van der Waals surface area (Å²) in [5.74, 6) is -0.0272. The third kappa shape index (κ3) is 3.34. The van der Waals surface area contributed by atoms with Gasteiger partial charge in [-0.15, -0.1) is 0 Å². The molecule has 3 amide bonds. The van der Waals surface area contributed by atoms with Gasteiger partial charge in [-0.25, -0.2) is 9.78 Å². The number of nitrogens with one attached hydrogen (secondary N) is 2. The lowest BCUT2D eigenvalue weighted by Gasteiger charge is -2.34. The molecule has 0 unspecified atom stereocenters. The molecule has 30 heavy (non-hydrogen) atoms. The summed E-state index contributed by atoms with van der Waals surface area (Å²) >= 11 is 0. The van der Waals surface area contributed by atoms with Crippen LogP contribution in [0.5, 0.6) is 0 Å². The highest BCUT2D eigenvalue weighted by Gasteiger charge is 2.25. The fourth-order valence-corrected chi connectivity index (χ4v) is 3.89. The Labute approximate surface area is 173 Å². The summed E-state index contributed by atoms with van der Waals surface area (Å²) in [5, 5.41) is 5.11. The molecule has 150 valence electrons. The number of anilines is 1. The van der Waals surface area contributed by atoms with Crippen LogP contribution in [0.4, 0.5) is 10.5 Å². The van der Waals surface area contributed by atoms with Crippen LogP contribution in [0.3, 0.4) is 0 Å². The summed E-state index contributed by atoms with van der Waals surface area (Å²) in [6, 6.07) is 19.2. The molecule has 1 aromatic heterocycles. The fourth-order valence-electron chi connectivity index (χ4n) is 3.89. The van der Waals surface area contributed by atoms with E-state index >= 15 is 0 Å². The molecule has 0 radical (unpaired) electrons. The van der Waals surface area contributed by atoms with Crippen LogP contribution >= 0.6 is 0 Å². The first-order valence-corrected chi connectivity index (χ1v) is 9.95. The maximum absolute atomic E-state index is 12.9. The third-order valence-corrected chi connectivity index (χ3v) is 5.55. The molecule has 7 nitrogen and oxygen atoms in total. The Bertz CT molecular complexity index is 1240. The molecule has 1 fully saturated rings. The van der Waals surface area contributed by atoms with Crippen molar-refractivity contribution in [3.63, 3.8) is 0 Å². The predicted molar refractivity (Wildman–Crippen MR) is 117 cm³/mol. The monoisotopic (exact) mass is 399 g/mol. The van der Waals surface area contributed by atoms with Crippen molar-refractivity contribution in [3.05, 3.63) is 72.6 Å². The topological polar surface area (TPSA) is 81.3 Å². The van der Waals surface area contributed by atoms with Crippen LogP contribution in [0.1, 0.15) is 10.4 Å². The van der Waals surface area contributed by atoms with Gasteiger partial charge in [0.2, 0.25) is 0 Å². The van der Waals surface area contributed by atoms with E-state index in [2.05, 4.69) is 15.3 Å². The molecule has 1 aliphatic heterocycles. The SMILES string of the molecule is O=C(Nc1cccc2ccccc12)N1CCN(C(=O)c2ccc3nc[nH]c3c2)CC1. The van der Waals surface area contributed by atoms with Crippen molar-refractivity contribution in [1.29, 1.82) is 0 Å². The third-order valence-electron chi connectivity index (χ3n) is 5.55. The Morgan fingerprint density at radius 3 is 2.53 bits per heavy atom. The van der Waals surface area contributed by atoms with E-state index in [-0.39, 0.29) is 11.9 Å². The number of urea groups is 1. The van der Waals surface area contributed by atoms with Gasteiger partial charge in [0, 0.05) is 37.1 Å². The fraction of sp³-hybridized carbons (Fsp3) is 0.174. The molecule has 1 saturated heterocycles. The smallest absolute Gasteiger partial charge is 0.321 e. The Kier molecular flexibility index (Phi) is 4.55. The van der Waals surface area contributed by atoms with Gasteiger partial charge in [-0.05, 0) is 29.7 Å². The minimum Gasteiger partial charge on any atom is -0.345 e. The second kappa shape index (κ2) is 7.51. The molecular formula is C23H21N5O2. The highest BCUT2D eigenvalue weighted by atomic mass is 16.2. The number of amides is 3. The zero-order valence-corrected chi connectivity index (χ0v) is 16.3. The quantitative estimate of drug-likeness (QED) is 0.539. The number of nitrogens with zero attached hydrogens (tertiary/aromatic N) is 3. The number of carbonyl (C=O) groups excluding carboxylic acids is 2. The van der Waals surface area contributed by atoms with Crippen LogP contribution in [-0.4, -0.2) is 57.9 Å². The first-order chi connectivity index (χ1) is 14.7. The van der Waals surface area contributed by atoms with E-state index in [0.29, 0.717) is 31.7 Å². The van der Waals surface area contributed by atoms with Gasteiger partial charge in [-0.2, -0.15) is 0 Å². The average Bonchev–Trinajstić information content (AvgIpc) is 3.27. The largest absolute Gasteiger partial charge is 0.345 e. The number of piperazine rings is 1. The van der Waals surface area contributed by atoms with Crippen LogP contribution in [0, 0.1) is 0 Å². The van der Waals surface area contributed by atoms with Crippen molar-refractivity contribution in [2.24, 2.45) is 0 Å². The average molecular weight is 399 g/mol. The van der Waals surface area contributed by atoms with E-state index in [1.54, 1.807) is 22.2 Å². The number of aromatic amines is 1. The van der Waals surface area contributed by atoms with Gasteiger partial charge < -0.3 is 20.1 Å². The van der Waals surface area contributed by atoms with Gasteiger partial charge >= 0.3 is 6.03 Å². The van der Waals surface area contributed by atoms with Crippen LogP contribution < -0.4 is 5.32 Å². The number of hydrogen-bond acceptors (Lipinski definition) is 3. The number of hydrogen-bond donors (Lipinski definition) is 2. The molecule has 4 aromatic rings. The summed E-state index contributed by atoms with van der Waals surface area (Å²) in [5.41, 5.74) is 3.10. The van der Waals surface area contributed by atoms with Crippen molar-refractivity contribution in [1.82, 2.24) is 19.8 Å². The van der Waals surface area contributed by atoms with Gasteiger partial charge in [0.05, 0.1) is 23.0 Å². The lowest BCUT2D eigenvalue weighted by atomic mass is 10.1. The molecule has 0 aliphatic carbocycles. The first-order valence-electron chi connectivity index (χ1n) is 9.95. The second-order valence-corrected chi connectivity index (χ2v) is 7.37. The van der Waals surface area contributed by atoms with Gasteiger partial charge in [0.1, 0.15) is 0 Å². The molecule has 1 aliphatic rings. The number of carbonyl (C=O) groups is 2. The number of imidazole rings is 1. The van der Waals surface area contributed by atoms with Crippen LogP contribution in [0.25, 0.3) is 21.8 Å². The number of aromatic nitrogens is 2. The summed E-state index contributed by atoms with van der Waals surface area (Å²) < 4.78 is 0. The molecule has 0 spiro atoms. The van der Waals surface area contributed by atoms with E-state index < -0.39 is 0 Å². The lowest BCUT2D eigenvalue weighted by Crippen LogP contribution is -2.51. The van der Waals surface area contributed by atoms with Crippen molar-refractivity contribution in [2.45, 2.75) is 0 Å². The van der Waals surface area contributed by atoms with Gasteiger partial charge in [0.15, 0.2) is 0 Å². The maximum Gasteiger partial charge on any atom is 0.321 e. The molecule has 7 heteroatoms. The minimum absolute atomic E-state index is 0.0272. The highest BCUT2D eigenvalue weighted by Crippen LogP contribution is 2.23. The number of rotatable bonds is 2. The molecule has 0 saturated carbocycles. The van der Waals surface area contributed by atoms with E-state index in [4.69, 9.17) is 0 Å².